The Morgan fingerprint density at radius 1 is 1.08 bits per heavy atom. The van der Waals surface area contributed by atoms with Crippen molar-refractivity contribution in [2.75, 3.05) is 0 Å². The molecule has 1 saturated heterocycles. The van der Waals surface area contributed by atoms with Crippen molar-refractivity contribution in [3.63, 3.8) is 0 Å². The van der Waals surface area contributed by atoms with Crippen molar-refractivity contribution < 1.29 is 8.42 Å². The Morgan fingerprint density at radius 2 is 1.77 bits per heavy atom. The lowest BCUT2D eigenvalue weighted by Crippen LogP contribution is -2.19. The highest BCUT2D eigenvalue weighted by atomic mass is 79.9. The van der Waals surface area contributed by atoms with Gasteiger partial charge in [-0.1, -0.05) is 35.2 Å². The predicted molar refractivity (Wildman–Crippen MR) is 56.6 cm³/mol. The minimum atomic E-state index is -2.83. The van der Waals surface area contributed by atoms with E-state index in [4.69, 9.17) is 0 Å². The molecular weight excluding hydrogens is 252 g/mol. The normalized spacial score (nSPS) is 43.9. The molecule has 0 radical (unpaired) electrons. The maximum atomic E-state index is 11.8. The Labute approximate surface area is 88.1 Å². The van der Waals surface area contributed by atoms with Gasteiger partial charge in [-0.05, 0) is 25.2 Å². The highest BCUT2D eigenvalue weighted by Crippen LogP contribution is 2.42. The summed E-state index contributed by atoms with van der Waals surface area (Å²) in [7, 11) is -2.83. The highest BCUT2D eigenvalue weighted by Gasteiger charge is 2.45. The summed E-state index contributed by atoms with van der Waals surface area (Å²) in [6, 6.07) is 0. The van der Waals surface area contributed by atoms with E-state index in [1.54, 1.807) is 0 Å². The summed E-state index contributed by atoms with van der Waals surface area (Å²) < 4.78 is 23.4. The molecule has 2 bridgehead atoms. The van der Waals surface area contributed by atoms with Crippen molar-refractivity contribution >= 4 is 25.8 Å². The van der Waals surface area contributed by atoms with Gasteiger partial charge in [0, 0.05) is 0 Å². The minimum absolute atomic E-state index is 0.0397. The first-order chi connectivity index (χ1) is 6.12. The van der Waals surface area contributed by atoms with Gasteiger partial charge in [0.25, 0.3) is 0 Å². The average molecular weight is 267 g/mol. The van der Waals surface area contributed by atoms with Crippen molar-refractivity contribution in [1.29, 1.82) is 0 Å². The van der Waals surface area contributed by atoms with Gasteiger partial charge in [0.15, 0.2) is 9.84 Å². The summed E-state index contributed by atoms with van der Waals surface area (Å²) in [6.07, 6.45) is 6.39. The summed E-state index contributed by atoms with van der Waals surface area (Å²) in [6.45, 7) is 0. The maximum Gasteiger partial charge on any atom is 0.166 e. The van der Waals surface area contributed by atoms with Gasteiger partial charge in [-0.25, -0.2) is 8.42 Å². The van der Waals surface area contributed by atoms with Crippen LogP contribution in [0.2, 0.25) is 0 Å². The first-order valence-corrected chi connectivity index (χ1v) is 7.51. The molecule has 13 heavy (non-hydrogen) atoms. The van der Waals surface area contributed by atoms with Crippen molar-refractivity contribution in [2.45, 2.75) is 47.9 Å². The third-order valence-corrected chi connectivity index (χ3v) is 8.00. The van der Waals surface area contributed by atoms with Gasteiger partial charge >= 0.3 is 0 Å². The number of rotatable bonds is 0. The molecule has 1 aliphatic heterocycles. The zero-order chi connectivity index (χ0) is 9.47. The molecule has 1 aliphatic carbocycles. The van der Waals surface area contributed by atoms with Crippen LogP contribution in [0, 0.1) is 5.92 Å². The van der Waals surface area contributed by atoms with Crippen LogP contribution in [0.1, 0.15) is 38.5 Å². The lowest BCUT2D eigenvalue weighted by atomic mass is 9.93. The Bertz CT molecular complexity index is 286. The number of alkyl halides is 1. The van der Waals surface area contributed by atoms with Gasteiger partial charge in [0.2, 0.25) is 0 Å². The van der Waals surface area contributed by atoms with E-state index in [2.05, 4.69) is 15.9 Å². The largest absolute Gasteiger partial charge is 0.227 e. The zero-order valence-corrected chi connectivity index (χ0v) is 9.98. The van der Waals surface area contributed by atoms with Crippen molar-refractivity contribution in [2.24, 2.45) is 5.92 Å². The molecule has 0 spiro atoms. The van der Waals surface area contributed by atoms with E-state index >= 15 is 0 Å². The van der Waals surface area contributed by atoms with Crippen LogP contribution in [-0.4, -0.2) is 17.8 Å². The molecule has 0 aromatic heterocycles. The molecule has 0 N–H and O–H groups in total. The van der Waals surface area contributed by atoms with E-state index in [1.165, 1.54) is 12.8 Å². The summed E-state index contributed by atoms with van der Waals surface area (Å²) in [5, 5.41) is -0.0397. The molecule has 1 heterocycles. The third kappa shape index (κ3) is 1.67. The van der Waals surface area contributed by atoms with Crippen LogP contribution in [0.15, 0.2) is 0 Å². The summed E-state index contributed by atoms with van der Waals surface area (Å²) in [4.78, 5) is 0. The molecule has 0 aromatic carbocycles. The molecule has 2 rings (SSSR count). The van der Waals surface area contributed by atoms with Crippen LogP contribution in [0.4, 0.5) is 0 Å². The standard InChI is InChI=1S/C9H15BrO2S/c10-9-7-4-2-1-3-5-8(6-7)13(9,11)12/h7-9H,1-6H2/t7-,8+,9?/m0/s1. The summed E-state index contributed by atoms with van der Waals surface area (Å²) >= 11 is 3.35. The van der Waals surface area contributed by atoms with Crippen molar-refractivity contribution in [3.8, 4) is 0 Å². The average Bonchev–Trinajstić information content (AvgIpc) is 2.23. The van der Waals surface area contributed by atoms with E-state index < -0.39 is 9.84 Å². The van der Waals surface area contributed by atoms with Crippen molar-refractivity contribution in [3.05, 3.63) is 0 Å². The second-order valence-corrected chi connectivity index (χ2v) is 8.14. The van der Waals surface area contributed by atoms with Gasteiger partial charge in [0.05, 0.1) is 5.25 Å². The molecule has 4 heteroatoms. The number of fused-ring (bicyclic) bond motifs is 2. The fourth-order valence-corrected chi connectivity index (χ4v) is 6.08. The fourth-order valence-electron chi connectivity index (χ4n) is 2.52. The third-order valence-electron chi connectivity index (χ3n) is 3.32. The molecule has 0 amide bonds. The van der Waals surface area contributed by atoms with Crippen LogP contribution in [0.5, 0.6) is 0 Å². The molecule has 2 nitrogen and oxygen atoms in total. The number of hydrogen-bond acceptors (Lipinski definition) is 2. The number of hydrogen-bond donors (Lipinski definition) is 0. The lowest BCUT2D eigenvalue weighted by molar-refractivity contribution is 0.428. The van der Waals surface area contributed by atoms with Crippen LogP contribution in [0.3, 0.4) is 0 Å². The molecule has 3 atom stereocenters. The monoisotopic (exact) mass is 266 g/mol. The second-order valence-electron chi connectivity index (χ2n) is 4.20. The zero-order valence-electron chi connectivity index (χ0n) is 7.58. The van der Waals surface area contributed by atoms with E-state index in [0.717, 1.165) is 25.7 Å². The topological polar surface area (TPSA) is 34.1 Å². The molecule has 76 valence electrons. The second kappa shape index (κ2) is 3.54. The van der Waals surface area contributed by atoms with Gasteiger partial charge in [0.1, 0.15) is 4.16 Å². The van der Waals surface area contributed by atoms with E-state index in [1.807, 2.05) is 0 Å². The maximum absolute atomic E-state index is 11.8. The minimum Gasteiger partial charge on any atom is -0.227 e. The predicted octanol–water partition coefficient (Wildman–Crippen LogP) is 2.47. The quantitative estimate of drug-likeness (QED) is 0.632. The molecule has 0 aromatic rings. The van der Waals surface area contributed by atoms with Gasteiger partial charge < -0.3 is 0 Å². The Kier molecular flexibility index (Phi) is 2.71. The summed E-state index contributed by atoms with van der Waals surface area (Å²) in [5.74, 6) is 0.385. The van der Waals surface area contributed by atoms with Gasteiger partial charge in [-0.2, -0.15) is 0 Å². The fraction of sp³-hybridized carbons (Fsp3) is 1.00. The molecule has 1 saturated carbocycles. The smallest absolute Gasteiger partial charge is 0.166 e. The van der Waals surface area contributed by atoms with E-state index in [0.29, 0.717) is 5.92 Å². The van der Waals surface area contributed by atoms with E-state index in [-0.39, 0.29) is 9.41 Å². The van der Waals surface area contributed by atoms with Crippen LogP contribution >= 0.6 is 15.9 Å². The van der Waals surface area contributed by atoms with Crippen LogP contribution < -0.4 is 0 Å². The highest BCUT2D eigenvalue weighted by molar-refractivity contribution is 9.11. The van der Waals surface area contributed by atoms with Crippen molar-refractivity contribution in [1.82, 2.24) is 0 Å². The van der Waals surface area contributed by atoms with Crippen LogP contribution in [-0.2, 0) is 9.84 Å². The Morgan fingerprint density at radius 3 is 2.54 bits per heavy atom. The first-order valence-electron chi connectivity index (χ1n) is 4.99. The van der Waals surface area contributed by atoms with Gasteiger partial charge in [-0.15, -0.1) is 0 Å². The SMILES string of the molecule is O=S1(=O)C(Br)[C@H]2CCCCC[C@@H]1C2. The number of halogens is 1. The van der Waals surface area contributed by atoms with Crippen LogP contribution in [0.25, 0.3) is 0 Å². The number of sulfone groups is 1. The van der Waals surface area contributed by atoms with E-state index in [9.17, 15) is 8.42 Å². The molecule has 2 aliphatic rings. The van der Waals surface area contributed by atoms with Gasteiger partial charge in [-0.3, -0.25) is 0 Å². The summed E-state index contributed by atoms with van der Waals surface area (Å²) in [5.41, 5.74) is 0. The Hall–Kier alpha value is 0.430. The molecule has 1 unspecified atom stereocenters. The Balaban J connectivity index is 2.26. The lowest BCUT2D eigenvalue weighted by Gasteiger charge is -2.13. The molecular formula is C9H15BrO2S. The molecule has 2 fully saturated rings. The first kappa shape index (κ1) is 9.97.